The van der Waals surface area contributed by atoms with Crippen molar-refractivity contribution in [1.29, 1.82) is 0 Å². The van der Waals surface area contributed by atoms with E-state index in [1.165, 1.54) is 18.9 Å². The fourth-order valence-electron chi connectivity index (χ4n) is 1.09. The van der Waals surface area contributed by atoms with Crippen molar-refractivity contribution < 1.29 is 9.47 Å². The molecule has 0 aliphatic rings. The highest BCUT2D eigenvalue weighted by Gasteiger charge is 2.06. The largest absolute Gasteiger partial charge is 0.481 e. The summed E-state index contributed by atoms with van der Waals surface area (Å²) in [6.45, 7) is 0. The number of hydrogen-bond acceptors (Lipinski definition) is 5. The predicted octanol–water partition coefficient (Wildman–Crippen LogP) is 0.679. The van der Waals surface area contributed by atoms with Crippen LogP contribution in [-0.2, 0) is 0 Å². The molecule has 2 rings (SSSR count). The number of nitrogens with zero attached hydrogens (tertiary/aromatic N) is 4. The summed E-state index contributed by atoms with van der Waals surface area (Å²) in [5.41, 5.74) is 0. The van der Waals surface area contributed by atoms with Gasteiger partial charge in [0.05, 0.1) is 20.3 Å². The van der Waals surface area contributed by atoms with Crippen LogP contribution in [0.4, 0.5) is 0 Å². The van der Waals surface area contributed by atoms with Gasteiger partial charge in [0.15, 0.2) is 0 Å². The van der Waals surface area contributed by atoms with Crippen molar-refractivity contribution in [2.45, 2.75) is 0 Å². The van der Waals surface area contributed by atoms with Crippen LogP contribution in [0.1, 0.15) is 0 Å². The average molecular weight is 206 g/mol. The first-order chi connectivity index (χ1) is 7.33. The zero-order valence-electron chi connectivity index (χ0n) is 8.41. The van der Waals surface area contributed by atoms with E-state index in [0.717, 1.165) is 0 Å². The monoisotopic (exact) mass is 206 g/mol. The molecule has 0 N–H and O–H groups in total. The predicted molar refractivity (Wildman–Crippen MR) is 52.3 cm³/mol. The van der Waals surface area contributed by atoms with E-state index in [1.54, 1.807) is 24.5 Å². The summed E-state index contributed by atoms with van der Waals surface area (Å²) in [6, 6.07) is 3.39. The molecule has 0 radical (unpaired) electrons. The Morgan fingerprint density at radius 1 is 1.13 bits per heavy atom. The first kappa shape index (κ1) is 9.45. The van der Waals surface area contributed by atoms with Crippen LogP contribution >= 0.6 is 0 Å². The van der Waals surface area contributed by atoms with E-state index in [9.17, 15) is 0 Å². The zero-order chi connectivity index (χ0) is 10.7. The minimum absolute atomic E-state index is 0.413. The molecular weight excluding hydrogens is 196 g/mol. The standard InChI is InChI=1S/C9H10N4O2/c1-14-7-6-8(15-2)12-9(11-7)13-5-3-4-10-13/h3-6H,1-2H3. The molecule has 0 spiro atoms. The molecule has 0 aliphatic heterocycles. The second-order valence-electron chi connectivity index (χ2n) is 2.70. The van der Waals surface area contributed by atoms with Gasteiger partial charge in [0.2, 0.25) is 11.8 Å². The van der Waals surface area contributed by atoms with Crippen LogP contribution in [0.3, 0.4) is 0 Å². The maximum absolute atomic E-state index is 5.02. The number of rotatable bonds is 3. The van der Waals surface area contributed by atoms with Gasteiger partial charge in [-0.1, -0.05) is 0 Å². The third-order valence-corrected chi connectivity index (χ3v) is 1.79. The second kappa shape index (κ2) is 3.95. The Hall–Kier alpha value is -2.11. The second-order valence-corrected chi connectivity index (χ2v) is 2.70. The minimum Gasteiger partial charge on any atom is -0.481 e. The lowest BCUT2D eigenvalue weighted by atomic mass is 10.6. The molecule has 0 bridgehead atoms. The van der Waals surface area contributed by atoms with Gasteiger partial charge in [0.1, 0.15) is 0 Å². The molecule has 2 heterocycles. The summed E-state index contributed by atoms with van der Waals surface area (Å²) in [5, 5.41) is 4.02. The number of hydrogen-bond donors (Lipinski definition) is 0. The molecule has 0 aromatic carbocycles. The SMILES string of the molecule is COc1cc(OC)nc(-n2cccn2)n1. The maximum atomic E-state index is 5.02. The highest BCUT2D eigenvalue weighted by molar-refractivity contribution is 5.26. The molecule has 6 nitrogen and oxygen atoms in total. The topological polar surface area (TPSA) is 62.1 Å². The van der Waals surface area contributed by atoms with Gasteiger partial charge >= 0.3 is 0 Å². The van der Waals surface area contributed by atoms with E-state index in [1.807, 2.05) is 0 Å². The molecule has 6 heteroatoms. The van der Waals surface area contributed by atoms with Crippen molar-refractivity contribution >= 4 is 0 Å². The van der Waals surface area contributed by atoms with Crippen molar-refractivity contribution in [3.63, 3.8) is 0 Å². The van der Waals surface area contributed by atoms with Crippen LogP contribution in [0.15, 0.2) is 24.5 Å². The van der Waals surface area contributed by atoms with E-state index in [2.05, 4.69) is 15.1 Å². The first-order valence-electron chi connectivity index (χ1n) is 4.30. The Morgan fingerprint density at radius 2 is 1.80 bits per heavy atom. The summed E-state index contributed by atoms with van der Waals surface area (Å²) >= 11 is 0. The summed E-state index contributed by atoms with van der Waals surface area (Å²) in [6.07, 6.45) is 3.39. The third-order valence-electron chi connectivity index (χ3n) is 1.79. The average Bonchev–Trinajstić information content (AvgIpc) is 2.81. The fraction of sp³-hybridized carbons (Fsp3) is 0.222. The van der Waals surface area contributed by atoms with E-state index in [0.29, 0.717) is 17.7 Å². The molecular formula is C9H10N4O2. The number of methoxy groups -OCH3 is 2. The van der Waals surface area contributed by atoms with Gasteiger partial charge in [-0.25, -0.2) is 4.68 Å². The molecule has 0 saturated heterocycles. The minimum atomic E-state index is 0.413. The van der Waals surface area contributed by atoms with E-state index >= 15 is 0 Å². The molecule has 0 fully saturated rings. The Bertz CT molecular complexity index is 419. The molecule has 2 aromatic heterocycles. The molecule has 0 amide bonds. The van der Waals surface area contributed by atoms with Gasteiger partial charge in [-0.15, -0.1) is 0 Å². The van der Waals surface area contributed by atoms with E-state index < -0.39 is 0 Å². The summed E-state index contributed by atoms with van der Waals surface area (Å²) in [7, 11) is 3.07. The van der Waals surface area contributed by atoms with Gasteiger partial charge in [-0.05, 0) is 6.07 Å². The van der Waals surface area contributed by atoms with Crippen molar-refractivity contribution in [2.75, 3.05) is 14.2 Å². The molecule has 78 valence electrons. The van der Waals surface area contributed by atoms with Crippen molar-refractivity contribution in [1.82, 2.24) is 19.7 Å². The van der Waals surface area contributed by atoms with E-state index in [-0.39, 0.29) is 0 Å². The molecule has 15 heavy (non-hydrogen) atoms. The van der Waals surface area contributed by atoms with Crippen LogP contribution in [0, 0.1) is 0 Å². The Balaban J connectivity index is 2.47. The van der Waals surface area contributed by atoms with Gasteiger partial charge in [0.25, 0.3) is 5.95 Å². The Morgan fingerprint density at radius 3 is 2.27 bits per heavy atom. The van der Waals surface area contributed by atoms with Gasteiger partial charge < -0.3 is 9.47 Å². The normalized spacial score (nSPS) is 10.0. The van der Waals surface area contributed by atoms with Crippen LogP contribution in [0.2, 0.25) is 0 Å². The highest BCUT2D eigenvalue weighted by Crippen LogP contribution is 2.16. The van der Waals surface area contributed by atoms with Gasteiger partial charge in [-0.3, -0.25) is 0 Å². The molecule has 0 unspecified atom stereocenters. The fourth-order valence-corrected chi connectivity index (χ4v) is 1.09. The van der Waals surface area contributed by atoms with Gasteiger partial charge in [0, 0.05) is 12.4 Å². The number of aromatic nitrogens is 4. The quantitative estimate of drug-likeness (QED) is 0.739. The lowest BCUT2D eigenvalue weighted by molar-refractivity contribution is 0.370. The molecule has 0 aliphatic carbocycles. The smallest absolute Gasteiger partial charge is 0.257 e. The maximum Gasteiger partial charge on any atom is 0.257 e. The van der Waals surface area contributed by atoms with Gasteiger partial charge in [-0.2, -0.15) is 15.1 Å². The summed E-state index contributed by atoms with van der Waals surface area (Å²) < 4.78 is 11.6. The highest BCUT2D eigenvalue weighted by atomic mass is 16.5. The summed E-state index contributed by atoms with van der Waals surface area (Å²) in [4.78, 5) is 8.26. The molecule has 0 saturated carbocycles. The number of ether oxygens (including phenoxy) is 2. The van der Waals surface area contributed by atoms with Crippen LogP contribution in [0.25, 0.3) is 5.95 Å². The lowest BCUT2D eigenvalue weighted by Gasteiger charge is -2.05. The van der Waals surface area contributed by atoms with Crippen LogP contribution < -0.4 is 9.47 Å². The lowest BCUT2D eigenvalue weighted by Crippen LogP contribution is -2.04. The Labute approximate surface area is 86.5 Å². The van der Waals surface area contributed by atoms with Crippen molar-refractivity contribution in [3.8, 4) is 17.7 Å². The molecule has 2 aromatic rings. The summed E-state index contributed by atoms with van der Waals surface area (Å²) in [5.74, 6) is 1.29. The van der Waals surface area contributed by atoms with Crippen molar-refractivity contribution in [3.05, 3.63) is 24.5 Å². The first-order valence-corrected chi connectivity index (χ1v) is 4.30. The Kier molecular flexibility index (Phi) is 2.49. The zero-order valence-corrected chi connectivity index (χ0v) is 8.41. The molecule has 0 atom stereocenters. The van der Waals surface area contributed by atoms with Crippen LogP contribution in [-0.4, -0.2) is 34.0 Å². The van der Waals surface area contributed by atoms with Crippen molar-refractivity contribution in [2.24, 2.45) is 0 Å². The van der Waals surface area contributed by atoms with Crippen LogP contribution in [0.5, 0.6) is 11.8 Å². The van der Waals surface area contributed by atoms with E-state index in [4.69, 9.17) is 9.47 Å². The third kappa shape index (κ3) is 1.88.